The van der Waals surface area contributed by atoms with Crippen LogP contribution in [0.5, 0.6) is 0 Å². The van der Waals surface area contributed by atoms with Gasteiger partial charge in [0.15, 0.2) is 0 Å². The molecule has 0 bridgehead atoms. The number of hydrazone groups is 1. The van der Waals surface area contributed by atoms with Crippen LogP contribution >= 0.6 is 0 Å². The lowest BCUT2D eigenvalue weighted by atomic mass is 9.85. The average molecular weight is 430 g/mol. The zero-order chi connectivity index (χ0) is 22.4. The van der Waals surface area contributed by atoms with Crippen molar-refractivity contribution in [2.24, 2.45) is 32.0 Å². The van der Waals surface area contributed by atoms with E-state index in [1.54, 1.807) is 32.8 Å². The Hall–Kier alpha value is -3.18. The lowest BCUT2D eigenvalue weighted by Gasteiger charge is -2.22. The maximum Gasteiger partial charge on any atom is 0.137 e. The van der Waals surface area contributed by atoms with Gasteiger partial charge >= 0.3 is 0 Å². The van der Waals surface area contributed by atoms with Gasteiger partial charge in [-0.15, -0.1) is 0 Å². The summed E-state index contributed by atoms with van der Waals surface area (Å²) in [5.74, 6) is 5.25. The standard InChI is InChI=1S/C20H27FN8O2/c1-4-13(8-28(2)22)14-5-15-17(6-16(14)21)25-26-18(15)7-23-11-24-12-29-9-19(27-30)20(10-29)31-3/h4,6,8,11-12,15,19-20,25H,1,5,7,9-10,22H2,2-3H3/b13-8+,23-11?,24-12?/t15?,19-,20-/m1/s1. The SMILES string of the molecule is C=C/C(=C\N(C)N)C1=C(F)C=C2NN=C(CN=CN=CN3C[C@@H](N=O)[C@H](OC)C3)C2C1. The quantitative estimate of drug-likeness (QED) is 0.143. The molecule has 31 heavy (non-hydrogen) atoms. The summed E-state index contributed by atoms with van der Waals surface area (Å²) < 4.78 is 19.8. The topological polar surface area (TPSA) is 120 Å². The van der Waals surface area contributed by atoms with Crippen molar-refractivity contribution in [3.8, 4) is 0 Å². The van der Waals surface area contributed by atoms with Gasteiger partial charge in [0.2, 0.25) is 0 Å². The van der Waals surface area contributed by atoms with E-state index in [4.69, 9.17) is 10.6 Å². The Bertz CT molecular complexity index is 890. The van der Waals surface area contributed by atoms with Crippen LogP contribution in [-0.4, -0.2) is 74.2 Å². The van der Waals surface area contributed by atoms with Gasteiger partial charge in [-0.05, 0) is 23.6 Å². The molecule has 0 spiro atoms. The second kappa shape index (κ2) is 10.2. The zero-order valence-electron chi connectivity index (χ0n) is 17.6. The number of halogens is 1. The van der Waals surface area contributed by atoms with Gasteiger partial charge in [-0.25, -0.2) is 15.2 Å². The highest BCUT2D eigenvalue weighted by Crippen LogP contribution is 2.36. The maximum atomic E-state index is 14.6. The molecule has 0 aromatic carbocycles. The molecule has 3 rings (SSSR count). The van der Waals surface area contributed by atoms with E-state index in [0.717, 1.165) is 5.71 Å². The monoisotopic (exact) mass is 430 g/mol. The summed E-state index contributed by atoms with van der Waals surface area (Å²) in [5, 5.41) is 8.74. The number of hydrogen-bond donors (Lipinski definition) is 2. The molecule has 11 heteroatoms. The molecule has 166 valence electrons. The third-order valence-corrected chi connectivity index (χ3v) is 5.33. The summed E-state index contributed by atoms with van der Waals surface area (Å²) in [5.41, 5.74) is 5.53. The molecule has 0 radical (unpaired) electrons. The Morgan fingerprint density at radius 2 is 2.35 bits per heavy atom. The molecule has 1 unspecified atom stereocenters. The Morgan fingerprint density at radius 1 is 1.55 bits per heavy atom. The van der Waals surface area contributed by atoms with Crippen molar-refractivity contribution in [1.29, 1.82) is 0 Å². The third kappa shape index (κ3) is 5.30. The van der Waals surface area contributed by atoms with Gasteiger partial charge in [0.1, 0.15) is 24.3 Å². The number of hydrogen-bond acceptors (Lipinski definition) is 8. The number of methoxy groups -OCH3 is 1. The minimum Gasteiger partial charge on any atom is -0.377 e. The summed E-state index contributed by atoms with van der Waals surface area (Å²) in [6, 6.07) is -0.403. The molecule has 1 aliphatic carbocycles. The highest BCUT2D eigenvalue weighted by Gasteiger charge is 2.33. The predicted molar refractivity (Wildman–Crippen MR) is 119 cm³/mol. The van der Waals surface area contributed by atoms with Crippen molar-refractivity contribution >= 4 is 18.4 Å². The van der Waals surface area contributed by atoms with E-state index in [-0.39, 0.29) is 17.8 Å². The van der Waals surface area contributed by atoms with Crippen molar-refractivity contribution in [1.82, 2.24) is 15.3 Å². The van der Waals surface area contributed by atoms with Crippen molar-refractivity contribution in [3.63, 3.8) is 0 Å². The first kappa shape index (κ1) is 22.5. The second-order valence-corrected chi connectivity index (χ2v) is 7.47. The van der Waals surface area contributed by atoms with Gasteiger partial charge < -0.3 is 14.6 Å². The number of ether oxygens (including phenoxy) is 1. The summed E-state index contributed by atoms with van der Waals surface area (Å²) in [6.07, 6.45) is 7.92. The van der Waals surface area contributed by atoms with E-state index in [9.17, 15) is 9.30 Å². The van der Waals surface area contributed by atoms with Crippen LogP contribution in [0.2, 0.25) is 0 Å². The lowest BCUT2D eigenvalue weighted by molar-refractivity contribution is 0.103. The number of likely N-dealkylation sites (tertiary alicyclic amines) is 1. The number of fused-ring (bicyclic) bond motifs is 1. The molecule has 10 nitrogen and oxygen atoms in total. The smallest absolute Gasteiger partial charge is 0.137 e. The minimum absolute atomic E-state index is 0.0949. The van der Waals surface area contributed by atoms with Crippen molar-refractivity contribution in [3.05, 3.63) is 52.5 Å². The predicted octanol–water partition coefficient (Wildman–Crippen LogP) is 1.47. The molecule has 3 atom stereocenters. The van der Waals surface area contributed by atoms with Gasteiger partial charge in [-0.2, -0.15) is 10.0 Å². The van der Waals surface area contributed by atoms with Gasteiger partial charge in [-0.3, -0.25) is 10.4 Å². The fourth-order valence-corrected chi connectivity index (χ4v) is 3.75. The molecule has 3 N–H and O–H groups in total. The number of rotatable bonds is 9. The molecular formula is C20H27FN8O2. The van der Waals surface area contributed by atoms with Gasteiger partial charge in [0.25, 0.3) is 0 Å². The molecule has 0 aromatic heterocycles. The number of nitrogens with two attached hydrogens (primary N) is 1. The molecule has 0 aromatic rings. The van der Waals surface area contributed by atoms with Crippen LogP contribution in [0.15, 0.2) is 67.9 Å². The third-order valence-electron chi connectivity index (χ3n) is 5.33. The number of nitrogens with zero attached hydrogens (tertiary/aromatic N) is 6. The summed E-state index contributed by atoms with van der Waals surface area (Å²) in [4.78, 5) is 21.2. The van der Waals surface area contributed by atoms with E-state index in [1.807, 2.05) is 4.90 Å². The van der Waals surface area contributed by atoms with Crippen LogP contribution in [0, 0.1) is 10.8 Å². The van der Waals surface area contributed by atoms with Crippen LogP contribution in [0.1, 0.15) is 6.42 Å². The van der Waals surface area contributed by atoms with Gasteiger partial charge in [-0.1, -0.05) is 17.8 Å². The summed E-state index contributed by atoms with van der Waals surface area (Å²) >= 11 is 0. The number of allylic oxidation sites excluding steroid dienone is 6. The largest absolute Gasteiger partial charge is 0.377 e. The van der Waals surface area contributed by atoms with Crippen LogP contribution < -0.4 is 11.3 Å². The van der Waals surface area contributed by atoms with Crippen molar-refractivity contribution < 1.29 is 9.13 Å². The summed E-state index contributed by atoms with van der Waals surface area (Å²) in [6.45, 7) is 5.10. The molecular weight excluding hydrogens is 403 g/mol. The van der Waals surface area contributed by atoms with E-state index in [1.165, 1.54) is 17.4 Å². The highest BCUT2D eigenvalue weighted by molar-refractivity contribution is 5.94. The van der Waals surface area contributed by atoms with Crippen molar-refractivity contribution in [2.75, 3.05) is 33.8 Å². The molecule has 0 amide bonds. The number of nitroso groups, excluding NO2 is 1. The van der Waals surface area contributed by atoms with Crippen LogP contribution in [0.25, 0.3) is 0 Å². The molecule has 1 saturated heterocycles. The van der Waals surface area contributed by atoms with Crippen molar-refractivity contribution in [2.45, 2.75) is 18.6 Å². The summed E-state index contributed by atoms with van der Waals surface area (Å²) in [7, 11) is 3.22. The zero-order valence-corrected chi connectivity index (χ0v) is 17.6. The highest BCUT2D eigenvalue weighted by atomic mass is 19.1. The van der Waals surface area contributed by atoms with Crippen LogP contribution in [0.3, 0.4) is 0 Å². The van der Waals surface area contributed by atoms with Gasteiger partial charge in [0.05, 0.1) is 18.6 Å². The van der Waals surface area contributed by atoms with Crippen LogP contribution in [-0.2, 0) is 4.74 Å². The Balaban J connectivity index is 1.58. The van der Waals surface area contributed by atoms with E-state index >= 15 is 0 Å². The fourth-order valence-electron chi connectivity index (χ4n) is 3.75. The number of nitrogens with one attached hydrogen (secondary N) is 1. The molecule has 3 aliphatic rings. The Kier molecular flexibility index (Phi) is 7.42. The Morgan fingerprint density at radius 3 is 3.00 bits per heavy atom. The van der Waals surface area contributed by atoms with Crippen LogP contribution in [0.4, 0.5) is 4.39 Å². The first-order valence-corrected chi connectivity index (χ1v) is 9.82. The fraction of sp³-hybridized carbons (Fsp3) is 0.450. The molecule has 2 heterocycles. The number of aliphatic imine (C=N–C) groups is 2. The second-order valence-electron chi connectivity index (χ2n) is 7.47. The normalized spacial score (nSPS) is 26.3. The first-order valence-electron chi connectivity index (χ1n) is 9.82. The number of hydrazine groups is 1. The van der Waals surface area contributed by atoms with E-state index in [2.05, 4.69) is 32.3 Å². The maximum absolute atomic E-state index is 14.6. The first-order chi connectivity index (χ1) is 15.0. The lowest BCUT2D eigenvalue weighted by Crippen LogP contribution is -2.23. The van der Waals surface area contributed by atoms with E-state index < -0.39 is 6.04 Å². The molecule has 1 fully saturated rings. The Labute approximate surface area is 180 Å². The van der Waals surface area contributed by atoms with Gasteiger partial charge in [0, 0.05) is 45.1 Å². The minimum atomic E-state index is -0.403. The van der Waals surface area contributed by atoms with E-state index in [0.29, 0.717) is 42.9 Å². The molecule has 0 saturated carbocycles. The average Bonchev–Trinajstić information content (AvgIpc) is 3.34. The molecule has 2 aliphatic heterocycles.